The summed E-state index contributed by atoms with van der Waals surface area (Å²) in [6.07, 6.45) is 1.97. The van der Waals surface area contributed by atoms with Gasteiger partial charge in [0, 0.05) is 25.1 Å². The molecule has 2 N–H and O–H groups in total. The molecule has 1 spiro atoms. The molecule has 0 saturated carbocycles. The van der Waals surface area contributed by atoms with Crippen molar-refractivity contribution in [1.82, 2.24) is 5.32 Å². The van der Waals surface area contributed by atoms with Gasteiger partial charge in [0.05, 0.1) is 12.5 Å². The Labute approximate surface area is 77.3 Å². The molecule has 4 heteroatoms. The van der Waals surface area contributed by atoms with Gasteiger partial charge in [-0.15, -0.1) is 0 Å². The lowest BCUT2D eigenvalue weighted by molar-refractivity contribution is -0.148. The highest BCUT2D eigenvalue weighted by atomic mass is 16.5. The topological polar surface area (TPSA) is 58.6 Å². The van der Waals surface area contributed by atoms with E-state index in [0.717, 1.165) is 26.0 Å². The maximum absolute atomic E-state index is 11.0. The average Bonchev–Trinajstić information content (AvgIpc) is 2.50. The second-order valence-corrected chi connectivity index (χ2v) is 4.04. The van der Waals surface area contributed by atoms with Crippen LogP contribution in [-0.2, 0) is 9.53 Å². The van der Waals surface area contributed by atoms with Crippen molar-refractivity contribution in [3.63, 3.8) is 0 Å². The van der Waals surface area contributed by atoms with Crippen LogP contribution in [0.3, 0.4) is 0 Å². The molecule has 2 saturated heterocycles. The highest BCUT2D eigenvalue weighted by Gasteiger charge is 2.47. The van der Waals surface area contributed by atoms with Gasteiger partial charge in [0.25, 0.3) is 0 Å². The van der Waals surface area contributed by atoms with Crippen molar-refractivity contribution in [2.24, 2.45) is 11.3 Å². The van der Waals surface area contributed by atoms with E-state index in [1.807, 2.05) is 0 Å². The Balaban J connectivity index is 2.13. The van der Waals surface area contributed by atoms with Gasteiger partial charge in [0.1, 0.15) is 0 Å². The highest BCUT2D eigenvalue weighted by molar-refractivity contribution is 5.72. The quantitative estimate of drug-likeness (QED) is 0.607. The Kier molecular flexibility index (Phi) is 2.26. The number of ether oxygens (including phenoxy) is 1. The molecule has 0 bridgehead atoms. The molecule has 0 aliphatic carbocycles. The van der Waals surface area contributed by atoms with Crippen LogP contribution in [0.25, 0.3) is 0 Å². The fraction of sp³-hybridized carbons (Fsp3) is 0.889. The minimum Gasteiger partial charge on any atom is -0.481 e. The number of aliphatic carboxylic acids is 1. The summed E-state index contributed by atoms with van der Waals surface area (Å²) in [4.78, 5) is 11.0. The zero-order valence-electron chi connectivity index (χ0n) is 7.58. The molecule has 2 unspecified atom stereocenters. The van der Waals surface area contributed by atoms with Crippen molar-refractivity contribution in [2.45, 2.75) is 12.8 Å². The summed E-state index contributed by atoms with van der Waals surface area (Å²) in [5.41, 5.74) is -0.121. The summed E-state index contributed by atoms with van der Waals surface area (Å²) >= 11 is 0. The van der Waals surface area contributed by atoms with Crippen LogP contribution in [0.2, 0.25) is 0 Å². The molecule has 0 aromatic carbocycles. The SMILES string of the molecule is O=C(O)C1CNCC12CCCOC2. The van der Waals surface area contributed by atoms with Crippen LogP contribution >= 0.6 is 0 Å². The molecule has 0 radical (unpaired) electrons. The molecule has 4 nitrogen and oxygen atoms in total. The van der Waals surface area contributed by atoms with Crippen LogP contribution in [0.4, 0.5) is 0 Å². The molecule has 74 valence electrons. The fourth-order valence-corrected chi connectivity index (χ4v) is 2.44. The van der Waals surface area contributed by atoms with E-state index in [1.165, 1.54) is 0 Å². The number of hydrogen-bond acceptors (Lipinski definition) is 3. The molecule has 2 aliphatic rings. The maximum atomic E-state index is 11.0. The monoisotopic (exact) mass is 185 g/mol. The minimum atomic E-state index is -0.685. The number of hydrogen-bond donors (Lipinski definition) is 2. The van der Waals surface area contributed by atoms with Gasteiger partial charge < -0.3 is 15.2 Å². The molecule has 0 aromatic heterocycles. The van der Waals surface area contributed by atoms with Gasteiger partial charge in [-0.3, -0.25) is 4.79 Å². The fourth-order valence-electron chi connectivity index (χ4n) is 2.44. The van der Waals surface area contributed by atoms with E-state index in [9.17, 15) is 4.79 Å². The highest BCUT2D eigenvalue weighted by Crippen LogP contribution is 2.39. The van der Waals surface area contributed by atoms with E-state index >= 15 is 0 Å². The summed E-state index contributed by atoms with van der Waals surface area (Å²) in [5.74, 6) is -0.941. The first kappa shape index (κ1) is 8.97. The molecular weight excluding hydrogens is 170 g/mol. The summed E-state index contributed by atoms with van der Waals surface area (Å²) in [7, 11) is 0. The first-order valence-electron chi connectivity index (χ1n) is 4.76. The van der Waals surface area contributed by atoms with Gasteiger partial charge in [-0.05, 0) is 12.8 Å². The van der Waals surface area contributed by atoms with Crippen LogP contribution in [0, 0.1) is 11.3 Å². The zero-order valence-corrected chi connectivity index (χ0v) is 7.58. The third kappa shape index (κ3) is 1.44. The van der Waals surface area contributed by atoms with Crippen LogP contribution in [0.15, 0.2) is 0 Å². The zero-order chi connectivity index (χ0) is 9.31. The van der Waals surface area contributed by atoms with Gasteiger partial charge in [-0.1, -0.05) is 0 Å². The Hall–Kier alpha value is -0.610. The van der Waals surface area contributed by atoms with E-state index in [0.29, 0.717) is 13.2 Å². The van der Waals surface area contributed by atoms with Crippen LogP contribution < -0.4 is 5.32 Å². The molecule has 0 aromatic rings. The van der Waals surface area contributed by atoms with Gasteiger partial charge >= 0.3 is 5.97 Å². The summed E-state index contributed by atoms with van der Waals surface area (Å²) in [5, 5.41) is 12.2. The van der Waals surface area contributed by atoms with Crippen molar-refractivity contribution < 1.29 is 14.6 Å². The molecule has 2 rings (SSSR count). The maximum Gasteiger partial charge on any atom is 0.308 e. The molecule has 13 heavy (non-hydrogen) atoms. The van der Waals surface area contributed by atoms with Gasteiger partial charge in [0.15, 0.2) is 0 Å². The molecule has 2 fully saturated rings. The van der Waals surface area contributed by atoms with E-state index in [1.54, 1.807) is 0 Å². The first-order chi connectivity index (χ1) is 6.25. The third-order valence-corrected chi connectivity index (χ3v) is 3.22. The summed E-state index contributed by atoms with van der Waals surface area (Å²) < 4.78 is 5.38. The summed E-state index contributed by atoms with van der Waals surface area (Å²) in [6.45, 7) is 2.79. The Morgan fingerprint density at radius 1 is 1.62 bits per heavy atom. The lowest BCUT2D eigenvalue weighted by atomic mass is 9.74. The van der Waals surface area contributed by atoms with Crippen LogP contribution in [-0.4, -0.2) is 37.4 Å². The normalized spacial score (nSPS) is 39.5. The van der Waals surface area contributed by atoms with Crippen LogP contribution in [0.5, 0.6) is 0 Å². The van der Waals surface area contributed by atoms with E-state index < -0.39 is 5.97 Å². The molecular formula is C9H15NO3. The number of carboxylic acids is 1. The van der Waals surface area contributed by atoms with Crippen molar-refractivity contribution in [3.8, 4) is 0 Å². The molecule has 2 atom stereocenters. The predicted octanol–water partition coefficient (Wildman–Crippen LogP) is 0.0872. The van der Waals surface area contributed by atoms with E-state index in [2.05, 4.69) is 5.32 Å². The van der Waals surface area contributed by atoms with Gasteiger partial charge in [-0.25, -0.2) is 0 Å². The standard InChI is InChI=1S/C9H15NO3/c11-8(12)7-4-10-5-9(7)2-1-3-13-6-9/h7,10H,1-6H2,(H,11,12). The van der Waals surface area contributed by atoms with Gasteiger partial charge in [0.2, 0.25) is 0 Å². The Bertz CT molecular complexity index is 211. The largest absolute Gasteiger partial charge is 0.481 e. The van der Waals surface area contributed by atoms with Crippen molar-refractivity contribution in [3.05, 3.63) is 0 Å². The first-order valence-corrected chi connectivity index (χ1v) is 4.76. The third-order valence-electron chi connectivity index (χ3n) is 3.22. The number of carboxylic acid groups (broad SMARTS) is 1. The number of rotatable bonds is 1. The number of carbonyl (C=O) groups is 1. The Morgan fingerprint density at radius 2 is 2.46 bits per heavy atom. The van der Waals surface area contributed by atoms with Crippen molar-refractivity contribution in [1.29, 1.82) is 0 Å². The second kappa shape index (κ2) is 3.27. The predicted molar refractivity (Wildman–Crippen MR) is 46.5 cm³/mol. The Morgan fingerprint density at radius 3 is 3.08 bits per heavy atom. The molecule has 0 amide bonds. The van der Waals surface area contributed by atoms with Crippen LogP contribution in [0.1, 0.15) is 12.8 Å². The van der Waals surface area contributed by atoms with E-state index in [4.69, 9.17) is 9.84 Å². The lowest BCUT2D eigenvalue weighted by Crippen LogP contribution is -2.41. The average molecular weight is 185 g/mol. The lowest BCUT2D eigenvalue weighted by Gasteiger charge is -2.35. The number of nitrogens with one attached hydrogen (secondary N) is 1. The molecule has 2 aliphatic heterocycles. The molecule has 2 heterocycles. The second-order valence-electron chi connectivity index (χ2n) is 4.04. The van der Waals surface area contributed by atoms with Crippen molar-refractivity contribution in [2.75, 3.05) is 26.3 Å². The minimum absolute atomic E-state index is 0.121. The summed E-state index contributed by atoms with van der Waals surface area (Å²) in [6, 6.07) is 0. The van der Waals surface area contributed by atoms with E-state index in [-0.39, 0.29) is 11.3 Å². The van der Waals surface area contributed by atoms with Gasteiger partial charge in [-0.2, -0.15) is 0 Å². The van der Waals surface area contributed by atoms with Crippen molar-refractivity contribution >= 4 is 5.97 Å². The smallest absolute Gasteiger partial charge is 0.308 e.